The van der Waals surface area contributed by atoms with Crippen LogP contribution in [0.3, 0.4) is 0 Å². The molecule has 0 atom stereocenters. The van der Waals surface area contributed by atoms with Crippen LogP contribution in [0.1, 0.15) is 30.3 Å². The lowest BCUT2D eigenvalue weighted by molar-refractivity contribution is 0.415. The van der Waals surface area contributed by atoms with Crippen molar-refractivity contribution in [2.24, 2.45) is 0 Å². The number of rotatable bonds is 5. The Hall–Kier alpha value is -2.36. The highest BCUT2D eigenvalue weighted by Gasteiger charge is 2.28. The average Bonchev–Trinajstić information content (AvgIpc) is 3.34. The predicted octanol–water partition coefficient (Wildman–Crippen LogP) is 3.56. The third-order valence-corrected chi connectivity index (χ3v) is 4.24. The van der Waals surface area contributed by atoms with Gasteiger partial charge in [-0.1, -0.05) is 6.07 Å². The average molecular weight is 293 g/mol. The molecule has 1 fully saturated rings. The minimum atomic E-state index is 0.627. The van der Waals surface area contributed by atoms with E-state index in [1.165, 1.54) is 29.7 Å². The summed E-state index contributed by atoms with van der Waals surface area (Å²) in [5.74, 6) is 2.04. The van der Waals surface area contributed by atoms with Gasteiger partial charge in [0.05, 0.1) is 18.1 Å². The SMILES string of the molecule is COc1ccc2c(c1)nc(CCc1cccnc1)n2C1CC1. The third-order valence-electron chi connectivity index (χ3n) is 4.24. The molecule has 4 rings (SSSR count). The summed E-state index contributed by atoms with van der Waals surface area (Å²) in [6.07, 6.45) is 8.19. The number of benzene rings is 1. The molecule has 0 N–H and O–H groups in total. The lowest BCUT2D eigenvalue weighted by Gasteiger charge is -2.07. The summed E-state index contributed by atoms with van der Waals surface area (Å²) in [4.78, 5) is 9.05. The van der Waals surface area contributed by atoms with Gasteiger partial charge in [0.1, 0.15) is 11.6 Å². The fourth-order valence-electron chi connectivity index (χ4n) is 2.97. The van der Waals surface area contributed by atoms with E-state index in [-0.39, 0.29) is 0 Å². The highest BCUT2D eigenvalue weighted by Crippen LogP contribution is 2.39. The van der Waals surface area contributed by atoms with Crippen molar-refractivity contribution in [2.75, 3.05) is 7.11 Å². The van der Waals surface area contributed by atoms with E-state index in [1.807, 2.05) is 30.6 Å². The number of methoxy groups -OCH3 is 1. The second-order valence-electron chi connectivity index (χ2n) is 5.85. The van der Waals surface area contributed by atoms with Gasteiger partial charge in [-0.3, -0.25) is 4.98 Å². The van der Waals surface area contributed by atoms with Crippen LogP contribution in [-0.2, 0) is 12.8 Å². The molecule has 1 aliphatic carbocycles. The third kappa shape index (κ3) is 2.45. The summed E-state index contributed by atoms with van der Waals surface area (Å²) in [6, 6.07) is 10.9. The Labute approximate surface area is 129 Å². The second-order valence-corrected chi connectivity index (χ2v) is 5.85. The molecule has 0 spiro atoms. The molecule has 1 aromatic carbocycles. The fourth-order valence-corrected chi connectivity index (χ4v) is 2.97. The van der Waals surface area contributed by atoms with E-state index in [4.69, 9.17) is 9.72 Å². The highest BCUT2D eigenvalue weighted by atomic mass is 16.5. The highest BCUT2D eigenvalue weighted by molar-refractivity contribution is 5.78. The van der Waals surface area contributed by atoms with E-state index in [0.717, 1.165) is 24.1 Å². The molecule has 4 nitrogen and oxygen atoms in total. The number of hydrogen-bond acceptors (Lipinski definition) is 3. The maximum absolute atomic E-state index is 5.32. The zero-order valence-corrected chi connectivity index (χ0v) is 12.7. The molecule has 0 unspecified atom stereocenters. The molecule has 0 radical (unpaired) electrons. The Bertz CT molecular complexity index is 791. The van der Waals surface area contributed by atoms with E-state index in [0.29, 0.717) is 6.04 Å². The minimum absolute atomic E-state index is 0.627. The van der Waals surface area contributed by atoms with Crippen LogP contribution in [0.5, 0.6) is 5.75 Å². The Morgan fingerprint density at radius 2 is 2.14 bits per heavy atom. The fraction of sp³-hybridized carbons (Fsp3) is 0.333. The minimum Gasteiger partial charge on any atom is -0.497 e. The maximum Gasteiger partial charge on any atom is 0.121 e. The van der Waals surface area contributed by atoms with Crippen molar-refractivity contribution < 1.29 is 4.74 Å². The van der Waals surface area contributed by atoms with Crippen molar-refractivity contribution in [1.82, 2.24) is 14.5 Å². The van der Waals surface area contributed by atoms with E-state index in [1.54, 1.807) is 7.11 Å². The summed E-state index contributed by atoms with van der Waals surface area (Å²) < 4.78 is 7.74. The number of pyridine rings is 1. The first-order chi connectivity index (χ1) is 10.8. The smallest absolute Gasteiger partial charge is 0.121 e. The van der Waals surface area contributed by atoms with Crippen LogP contribution in [0.4, 0.5) is 0 Å². The predicted molar refractivity (Wildman–Crippen MR) is 86.2 cm³/mol. The molecule has 112 valence electrons. The summed E-state index contributed by atoms with van der Waals surface area (Å²) in [6.45, 7) is 0. The van der Waals surface area contributed by atoms with E-state index < -0.39 is 0 Å². The van der Waals surface area contributed by atoms with Gasteiger partial charge in [-0.25, -0.2) is 4.98 Å². The van der Waals surface area contributed by atoms with E-state index >= 15 is 0 Å². The van der Waals surface area contributed by atoms with Crippen molar-refractivity contribution in [2.45, 2.75) is 31.7 Å². The number of ether oxygens (including phenoxy) is 1. The standard InChI is InChI=1S/C18H19N3O/c1-22-15-7-8-17-16(11-15)20-18(21(17)14-5-6-14)9-4-13-3-2-10-19-12-13/h2-3,7-8,10-12,14H,4-6,9H2,1H3. The van der Waals surface area contributed by atoms with Crippen LogP contribution in [0, 0.1) is 0 Å². The first kappa shape index (κ1) is 13.3. The van der Waals surface area contributed by atoms with Crippen molar-refractivity contribution in [3.05, 3.63) is 54.1 Å². The number of nitrogens with zero attached hydrogens (tertiary/aromatic N) is 3. The number of fused-ring (bicyclic) bond motifs is 1. The normalized spacial score (nSPS) is 14.4. The van der Waals surface area contributed by atoms with Gasteiger partial charge in [-0.05, 0) is 43.0 Å². The lowest BCUT2D eigenvalue weighted by Crippen LogP contribution is -2.03. The Morgan fingerprint density at radius 3 is 2.86 bits per heavy atom. The van der Waals surface area contributed by atoms with Crippen LogP contribution in [0.25, 0.3) is 11.0 Å². The Balaban J connectivity index is 1.68. The molecule has 1 aliphatic rings. The molecule has 1 saturated carbocycles. The maximum atomic E-state index is 5.32. The monoisotopic (exact) mass is 293 g/mol. The largest absolute Gasteiger partial charge is 0.497 e. The van der Waals surface area contributed by atoms with Crippen LogP contribution < -0.4 is 4.74 Å². The molecule has 22 heavy (non-hydrogen) atoms. The molecular formula is C18H19N3O. The first-order valence-corrected chi connectivity index (χ1v) is 7.79. The zero-order valence-electron chi connectivity index (χ0n) is 12.7. The molecule has 0 saturated heterocycles. The number of hydrogen-bond donors (Lipinski definition) is 0. The van der Waals surface area contributed by atoms with Crippen LogP contribution in [0.2, 0.25) is 0 Å². The van der Waals surface area contributed by atoms with Crippen LogP contribution >= 0.6 is 0 Å². The molecule has 4 heteroatoms. The van der Waals surface area contributed by atoms with Gasteiger partial charge in [0.2, 0.25) is 0 Å². The Kier molecular flexibility index (Phi) is 3.29. The van der Waals surface area contributed by atoms with Gasteiger partial charge in [0, 0.05) is 30.9 Å². The molecule has 3 aromatic rings. The lowest BCUT2D eigenvalue weighted by atomic mass is 10.1. The molecule has 0 aliphatic heterocycles. The van der Waals surface area contributed by atoms with E-state index in [9.17, 15) is 0 Å². The molecule has 0 bridgehead atoms. The van der Waals surface area contributed by atoms with Crippen molar-refractivity contribution in [3.8, 4) is 5.75 Å². The van der Waals surface area contributed by atoms with Crippen molar-refractivity contribution in [3.63, 3.8) is 0 Å². The quantitative estimate of drug-likeness (QED) is 0.722. The topological polar surface area (TPSA) is 39.9 Å². The Morgan fingerprint density at radius 1 is 1.23 bits per heavy atom. The zero-order chi connectivity index (χ0) is 14.9. The van der Waals surface area contributed by atoms with Crippen molar-refractivity contribution >= 4 is 11.0 Å². The molecule has 2 heterocycles. The summed E-state index contributed by atoms with van der Waals surface area (Å²) in [5.41, 5.74) is 3.52. The van der Waals surface area contributed by atoms with Gasteiger partial charge in [-0.2, -0.15) is 0 Å². The number of aromatic nitrogens is 3. The molecule has 0 amide bonds. The van der Waals surface area contributed by atoms with Gasteiger partial charge in [0.15, 0.2) is 0 Å². The summed E-state index contributed by atoms with van der Waals surface area (Å²) >= 11 is 0. The summed E-state index contributed by atoms with van der Waals surface area (Å²) in [5, 5.41) is 0. The van der Waals surface area contributed by atoms with Crippen LogP contribution in [-0.4, -0.2) is 21.6 Å². The van der Waals surface area contributed by atoms with Crippen LogP contribution in [0.15, 0.2) is 42.7 Å². The molecule has 2 aromatic heterocycles. The van der Waals surface area contributed by atoms with Gasteiger partial charge in [0.25, 0.3) is 0 Å². The number of imidazole rings is 1. The molecular weight excluding hydrogens is 274 g/mol. The van der Waals surface area contributed by atoms with Gasteiger partial charge in [-0.15, -0.1) is 0 Å². The number of aryl methyl sites for hydroxylation is 2. The van der Waals surface area contributed by atoms with Gasteiger partial charge < -0.3 is 9.30 Å². The van der Waals surface area contributed by atoms with E-state index in [2.05, 4.69) is 21.7 Å². The van der Waals surface area contributed by atoms with Gasteiger partial charge >= 0.3 is 0 Å². The summed E-state index contributed by atoms with van der Waals surface area (Å²) in [7, 11) is 1.70. The first-order valence-electron chi connectivity index (χ1n) is 7.79. The second kappa shape index (κ2) is 5.44. The van der Waals surface area contributed by atoms with Crippen molar-refractivity contribution in [1.29, 1.82) is 0 Å².